The average molecular weight is 368 g/mol. The van der Waals surface area contributed by atoms with Gasteiger partial charge in [0.2, 0.25) is 0 Å². The summed E-state index contributed by atoms with van der Waals surface area (Å²) in [5, 5.41) is 0. The van der Waals surface area contributed by atoms with E-state index in [1.54, 1.807) is 0 Å². The van der Waals surface area contributed by atoms with Crippen LogP contribution < -0.4 is 0 Å². The van der Waals surface area contributed by atoms with Crippen molar-refractivity contribution >= 4 is 20.4 Å². The summed E-state index contributed by atoms with van der Waals surface area (Å²) in [6.07, 6.45) is 1.79. The summed E-state index contributed by atoms with van der Waals surface area (Å²) in [7, 11) is -6.97. The highest BCUT2D eigenvalue weighted by atomic mass is 32.2. The van der Waals surface area contributed by atoms with E-state index in [-0.39, 0.29) is 26.2 Å². The summed E-state index contributed by atoms with van der Waals surface area (Å²) in [5.41, 5.74) is 0. The molecule has 0 N–H and O–H groups in total. The predicted octanol–water partition coefficient (Wildman–Crippen LogP) is -1.48. The van der Waals surface area contributed by atoms with E-state index in [0.29, 0.717) is 39.4 Å². The molecule has 0 aromatic heterocycles. The van der Waals surface area contributed by atoms with Crippen LogP contribution in [0, 0.1) is 0 Å². The fraction of sp³-hybridized carbons (Fsp3) is 1.00. The molecule has 0 atom stereocenters. The second-order valence-electron chi connectivity index (χ2n) is 5.93. The first-order valence-corrected chi connectivity index (χ1v) is 10.8. The van der Waals surface area contributed by atoms with Gasteiger partial charge in [-0.1, -0.05) is 0 Å². The van der Waals surface area contributed by atoms with Gasteiger partial charge in [0.15, 0.2) is 0 Å². The lowest BCUT2D eigenvalue weighted by Gasteiger charge is -2.38. The number of ether oxygens (including phenoxy) is 1. The minimum absolute atomic E-state index is 0.201. The van der Waals surface area contributed by atoms with Gasteiger partial charge in [0, 0.05) is 52.4 Å². The van der Waals surface area contributed by atoms with Gasteiger partial charge in [0.05, 0.1) is 13.2 Å². The molecule has 0 aromatic carbocycles. The zero-order valence-electron chi connectivity index (χ0n) is 13.1. The van der Waals surface area contributed by atoms with Crippen molar-refractivity contribution in [1.82, 2.24) is 17.2 Å². The Labute approximate surface area is 138 Å². The Balaban J connectivity index is 1.61. The maximum atomic E-state index is 12.6. The predicted molar refractivity (Wildman–Crippen MR) is 84.2 cm³/mol. The molecule has 0 aromatic rings. The summed E-state index contributed by atoms with van der Waals surface area (Å²) in [5.74, 6) is 0. The Morgan fingerprint density at radius 1 is 0.522 bits per heavy atom. The van der Waals surface area contributed by atoms with Crippen molar-refractivity contribution in [1.29, 1.82) is 0 Å². The van der Waals surface area contributed by atoms with E-state index in [1.807, 2.05) is 0 Å². The Morgan fingerprint density at radius 2 is 0.870 bits per heavy atom. The van der Waals surface area contributed by atoms with E-state index in [0.717, 1.165) is 12.8 Å². The minimum Gasteiger partial charge on any atom is -0.379 e. The van der Waals surface area contributed by atoms with Gasteiger partial charge in [-0.15, -0.1) is 0 Å². The van der Waals surface area contributed by atoms with E-state index in [2.05, 4.69) is 0 Å². The third-order valence-electron chi connectivity index (χ3n) is 4.54. The van der Waals surface area contributed by atoms with Gasteiger partial charge in [-0.05, 0) is 12.8 Å². The van der Waals surface area contributed by atoms with Crippen molar-refractivity contribution in [3.05, 3.63) is 0 Å². The lowest BCUT2D eigenvalue weighted by molar-refractivity contribution is 0.0694. The zero-order valence-corrected chi connectivity index (χ0v) is 14.8. The summed E-state index contributed by atoms with van der Waals surface area (Å²) in [6, 6.07) is 0. The van der Waals surface area contributed by atoms with Crippen LogP contribution in [-0.4, -0.2) is 99.6 Å². The van der Waals surface area contributed by atoms with E-state index in [4.69, 9.17) is 4.74 Å². The Hall–Kier alpha value is -0.300. The molecule has 23 heavy (non-hydrogen) atoms. The number of hydrogen-bond acceptors (Lipinski definition) is 5. The summed E-state index contributed by atoms with van der Waals surface area (Å²) >= 11 is 0. The molecule has 0 spiro atoms. The molecule has 3 aliphatic rings. The summed E-state index contributed by atoms with van der Waals surface area (Å²) < 4.78 is 61.0. The SMILES string of the molecule is O=S(=O)(N1CCCC1)N1CCN(S(=O)(=O)N2CCOCC2)CC1. The molecule has 0 radical (unpaired) electrons. The largest absolute Gasteiger partial charge is 0.379 e. The van der Waals surface area contributed by atoms with Crippen molar-refractivity contribution in [2.45, 2.75) is 12.8 Å². The fourth-order valence-corrected chi connectivity index (χ4v) is 6.39. The van der Waals surface area contributed by atoms with Gasteiger partial charge in [-0.3, -0.25) is 0 Å². The van der Waals surface area contributed by atoms with Crippen LogP contribution in [0.4, 0.5) is 0 Å². The molecule has 0 saturated carbocycles. The second kappa shape index (κ2) is 6.90. The van der Waals surface area contributed by atoms with Gasteiger partial charge in [0.1, 0.15) is 0 Å². The molecule has 134 valence electrons. The minimum atomic E-state index is -3.52. The van der Waals surface area contributed by atoms with Crippen molar-refractivity contribution < 1.29 is 21.6 Å². The smallest absolute Gasteiger partial charge is 0.282 e. The standard InChI is InChI=1S/C12H24N4O5S2/c17-22(18,13-3-1-2-4-13)14-5-7-15(8-6-14)23(19,20)16-9-11-21-12-10-16/h1-12H2. The average Bonchev–Trinajstić information content (AvgIpc) is 3.11. The number of hydrogen-bond donors (Lipinski definition) is 0. The molecular formula is C12H24N4O5S2. The number of nitrogens with zero attached hydrogens (tertiary/aromatic N) is 4. The number of morpholine rings is 1. The second-order valence-corrected chi connectivity index (χ2v) is 9.79. The van der Waals surface area contributed by atoms with Crippen molar-refractivity contribution in [2.24, 2.45) is 0 Å². The monoisotopic (exact) mass is 368 g/mol. The van der Waals surface area contributed by atoms with E-state index in [9.17, 15) is 16.8 Å². The molecular weight excluding hydrogens is 344 g/mol. The number of piperazine rings is 1. The first-order valence-electron chi connectivity index (χ1n) is 8.00. The van der Waals surface area contributed by atoms with Crippen LogP contribution in [0.5, 0.6) is 0 Å². The van der Waals surface area contributed by atoms with Crippen LogP contribution in [0.2, 0.25) is 0 Å². The van der Waals surface area contributed by atoms with Crippen LogP contribution in [0.15, 0.2) is 0 Å². The highest BCUT2D eigenvalue weighted by Gasteiger charge is 2.38. The lowest BCUT2D eigenvalue weighted by Crippen LogP contribution is -2.57. The van der Waals surface area contributed by atoms with Crippen LogP contribution in [0.25, 0.3) is 0 Å². The fourth-order valence-electron chi connectivity index (χ4n) is 3.15. The first kappa shape index (κ1) is 17.5. The Bertz CT molecular complexity index is 603. The molecule has 3 fully saturated rings. The van der Waals surface area contributed by atoms with E-state index < -0.39 is 20.4 Å². The molecule has 3 saturated heterocycles. The van der Waals surface area contributed by atoms with Crippen LogP contribution >= 0.6 is 0 Å². The molecule has 9 nitrogen and oxygen atoms in total. The van der Waals surface area contributed by atoms with E-state index in [1.165, 1.54) is 17.2 Å². The third kappa shape index (κ3) is 3.55. The van der Waals surface area contributed by atoms with Gasteiger partial charge in [-0.25, -0.2) is 0 Å². The van der Waals surface area contributed by atoms with Crippen LogP contribution in [-0.2, 0) is 25.2 Å². The third-order valence-corrected chi connectivity index (χ3v) is 8.61. The molecule has 3 aliphatic heterocycles. The summed E-state index contributed by atoms with van der Waals surface area (Å²) in [6.45, 7) is 3.47. The molecule has 0 bridgehead atoms. The van der Waals surface area contributed by atoms with Crippen molar-refractivity contribution in [2.75, 3.05) is 65.6 Å². The van der Waals surface area contributed by atoms with Gasteiger partial charge in [0.25, 0.3) is 20.4 Å². The molecule has 0 aliphatic carbocycles. The number of rotatable bonds is 4. The molecule has 3 rings (SSSR count). The highest BCUT2D eigenvalue weighted by molar-refractivity contribution is 7.87. The van der Waals surface area contributed by atoms with Crippen LogP contribution in [0.1, 0.15) is 12.8 Å². The molecule has 0 unspecified atom stereocenters. The lowest BCUT2D eigenvalue weighted by atomic mass is 10.4. The quantitative estimate of drug-likeness (QED) is 0.604. The highest BCUT2D eigenvalue weighted by Crippen LogP contribution is 2.20. The van der Waals surface area contributed by atoms with Gasteiger partial charge >= 0.3 is 0 Å². The van der Waals surface area contributed by atoms with Gasteiger partial charge in [-0.2, -0.15) is 34.1 Å². The van der Waals surface area contributed by atoms with Crippen LogP contribution in [0.3, 0.4) is 0 Å². The zero-order chi connectivity index (χ0) is 16.5. The topological polar surface area (TPSA) is 90.5 Å². The van der Waals surface area contributed by atoms with E-state index >= 15 is 0 Å². The first-order chi connectivity index (χ1) is 10.9. The van der Waals surface area contributed by atoms with Crippen molar-refractivity contribution in [3.63, 3.8) is 0 Å². The Morgan fingerprint density at radius 3 is 1.30 bits per heavy atom. The molecule has 0 amide bonds. The summed E-state index contributed by atoms with van der Waals surface area (Å²) in [4.78, 5) is 0. The van der Waals surface area contributed by atoms with Crippen molar-refractivity contribution in [3.8, 4) is 0 Å². The Kier molecular flexibility index (Phi) is 5.26. The maximum absolute atomic E-state index is 12.6. The molecule has 3 heterocycles. The van der Waals surface area contributed by atoms with Gasteiger partial charge < -0.3 is 4.74 Å². The maximum Gasteiger partial charge on any atom is 0.282 e. The molecule has 11 heteroatoms. The normalized spacial score (nSPS) is 27.5.